The maximum atomic E-state index is 11.8. The Bertz CT molecular complexity index is 697. The summed E-state index contributed by atoms with van der Waals surface area (Å²) in [7, 11) is 2.75. The van der Waals surface area contributed by atoms with Crippen molar-refractivity contribution in [3.63, 3.8) is 0 Å². The van der Waals surface area contributed by atoms with Crippen LogP contribution in [-0.4, -0.2) is 35.4 Å². The van der Waals surface area contributed by atoms with Gasteiger partial charge < -0.3 is 19.7 Å². The quantitative estimate of drug-likeness (QED) is 0.756. The van der Waals surface area contributed by atoms with E-state index >= 15 is 0 Å². The van der Waals surface area contributed by atoms with E-state index in [0.29, 0.717) is 11.1 Å². The van der Waals surface area contributed by atoms with Crippen LogP contribution in [0.3, 0.4) is 0 Å². The lowest BCUT2D eigenvalue weighted by molar-refractivity contribution is 0.179. The van der Waals surface area contributed by atoms with Crippen molar-refractivity contribution in [3.8, 4) is 5.75 Å². The molecule has 2 rings (SSSR count). The third-order valence-electron chi connectivity index (χ3n) is 3.53. The van der Waals surface area contributed by atoms with Crippen molar-refractivity contribution in [1.29, 1.82) is 0 Å². The molecule has 1 aromatic carbocycles. The van der Waals surface area contributed by atoms with Crippen LogP contribution in [0.4, 0.5) is 10.6 Å². The van der Waals surface area contributed by atoms with Gasteiger partial charge in [-0.05, 0) is 5.56 Å². The summed E-state index contributed by atoms with van der Waals surface area (Å²) >= 11 is 0. The fraction of sp³-hybridized carbons (Fsp3) is 0.294. The topological polar surface area (TPSA) is 92.1 Å². The maximum absolute atomic E-state index is 11.8. The van der Waals surface area contributed by atoms with Gasteiger partial charge in [-0.3, -0.25) is 4.90 Å². The van der Waals surface area contributed by atoms with Gasteiger partial charge in [0.15, 0.2) is 11.6 Å². The first-order valence-corrected chi connectivity index (χ1v) is 7.33. The van der Waals surface area contributed by atoms with Crippen LogP contribution in [0.1, 0.15) is 16.7 Å². The van der Waals surface area contributed by atoms with Gasteiger partial charge in [0.2, 0.25) is 0 Å². The standard InChI is InChI=1S/C17H20N2O5.BrH/c1-19(17(22)23-2)16-15(14(10-21)13(9-20)8-18-16)24-11-12-6-4-3-5-7-12;/h3-8,20-21H,9-11H2,1-2H3;1H. The fourth-order valence-corrected chi connectivity index (χ4v) is 2.21. The highest BCUT2D eigenvalue weighted by atomic mass is 79.9. The highest BCUT2D eigenvalue weighted by molar-refractivity contribution is 8.93. The van der Waals surface area contributed by atoms with Gasteiger partial charge in [-0.25, -0.2) is 9.78 Å². The van der Waals surface area contributed by atoms with Crippen LogP contribution in [-0.2, 0) is 24.6 Å². The number of carbonyl (C=O) groups excluding carboxylic acids is 1. The molecule has 0 spiro atoms. The highest BCUT2D eigenvalue weighted by Gasteiger charge is 2.22. The number of ether oxygens (including phenoxy) is 2. The van der Waals surface area contributed by atoms with Crippen molar-refractivity contribution in [1.82, 2.24) is 4.98 Å². The molecule has 0 saturated carbocycles. The van der Waals surface area contributed by atoms with E-state index < -0.39 is 6.09 Å². The minimum absolute atomic E-state index is 0. The highest BCUT2D eigenvalue weighted by Crippen LogP contribution is 2.33. The van der Waals surface area contributed by atoms with E-state index in [1.165, 1.54) is 25.3 Å². The van der Waals surface area contributed by atoms with Crippen molar-refractivity contribution in [2.75, 3.05) is 19.1 Å². The molecule has 0 fully saturated rings. The predicted molar refractivity (Wildman–Crippen MR) is 98.0 cm³/mol. The van der Waals surface area contributed by atoms with Gasteiger partial charge in [0, 0.05) is 24.4 Å². The molecule has 2 aromatic rings. The molecule has 136 valence electrons. The summed E-state index contributed by atoms with van der Waals surface area (Å²) in [5.41, 5.74) is 1.74. The molecule has 1 amide bonds. The largest absolute Gasteiger partial charge is 0.485 e. The van der Waals surface area contributed by atoms with Gasteiger partial charge in [0.1, 0.15) is 6.61 Å². The van der Waals surface area contributed by atoms with Crippen molar-refractivity contribution >= 4 is 28.9 Å². The van der Waals surface area contributed by atoms with Gasteiger partial charge in [-0.15, -0.1) is 17.0 Å². The van der Waals surface area contributed by atoms with Crippen LogP contribution in [0, 0.1) is 0 Å². The van der Waals surface area contributed by atoms with Crippen molar-refractivity contribution in [2.45, 2.75) is 19.8 Å². The Balaban J connectivity index is 0.00000312. The SMILES string of the molecule is Br.COC(=O)N(C)c1ncc(CO)c(CO)c1OCc1ccccc1. The summed E-state index contributed by atoms with van der Waals surface area (Å²) in [4.78, 5) is 17.1. The number of carbonyl (C=O) groups is 1. The summed E-state index contributed by atoms with van der Waals surface area (Å²) in [6.07, 6.45) is 0.781. The number of rotatable bonds is 6. The number of aliphatic hydroxyl groups excluding tert-OH is 2. The number of pyridine rings is 1. The molecule has 0 bridgehead atoms. The first-order valence-electron chi connectivity index (χ1n) is 7.33. The molecule has 8 heteroatoms. The fourth-order valence-electron chi connectivity index (χ4n) is 2.21. The van der Waals surface area contributed by atoms with Crippen LogP contribution >= 0.6 is 17.0 Å². The average Bonchev–Trinajstić information content (AvgIpc) is 2.64. The predicted octanol–water partition coefficient (Wildman–Crippen LogP) is 2.43. The number of halogens is 1. The molecule has 0 aliphatic carbocycles. The molecular formula is C17H21BrN2O5. The Labute approximate surface area is 156 Å². The van der Waals surface area contributed by atoms with Gasteiger partial charge in [0.05, 0.1) is 20.3 Å². The molecule has 1 aromatic heterocycles. The number of nitrogens with zero attached hydrogens (tertiary/aromatic N) is 2. The van der Waals surface area contributed by atoms with Gasteiger partial charge in [-0.1, -0.05) is 30.3 Å². The Morgan fingerprint density at radius 1 is 1.20 bits per heavy atom. The normalized spacial score (nSPS) is 9.92. The van der Waals surface area contributed by atoms with E-state index in [-0.39, 0.29) is 48.4 Å². The zero-order chi connectivity index (χ0) is 17.5. The van der Waals surface area contributed by atoms with Crippen molar-refractivity contribution in [2.24, 2.45) is 0 Å². The van der Waals surface area contributed by atoms with Gasteiger partial charge in [0.25, 0.3) is 0 Å². The Morgan fingerprint density at radius 2 is 1.88 bits per heavy atom. The second-order valence-corrected chi connectivity index (χ2v) is 5.03. The van der Waals surface area contributed by atoms with Crippen LogP contribution in [0.15, 0.2) is 36.5 Å². The number of hydrogen-bond donors (Lipinski definition) is 2. The number of aliphatic hydroxyl groups is 2. The minimum Gasteiger partial charge on any atom is -0.485 e. The second kappa shape index (κ2) is 9.97. The van der Waals surface area contributed by atoms with E-state index in [1.807, 2.05) is 30.3 Å². The van der Waals surface area contributed by atoms with Crippen molar-refractivity contribution < 1.29 is 24.5 Å². The zero-order valence-corrected chi connectivity index (χ0v) is 15.7. The van der Waals surface area contributed by atoms with E-state index in [0.717, 1.165) is 5.56 Å². The number of anilines is 1. The molecule has 25 heavy (non-hydrogen) atoms. The molecule has 7 nitrogen and oxygen atoms in total. The van der Waals surface area contributed by atoms with Crippen LogP contribution < -0.4 is 9.64 Å². The van der Waals surface area contributed by atoms with Crippen LogP contribution in [0.2, 0.25) is 0 Å². The number of methoxy groups -OCH3 is 1. The molecule has 0 aliphatic heterocycles. The Morgan fingerprint density at radius 3 is 2.44 bits per heavy atom. The van der Waals surface area contributed by atoms with Crippen LogP contribution in [0.25, 0.3) is 0 Å². The monoisotopic (exact) mass is 412 g/mol. The van der Waals surface area contributed by atoms with Crippen LogP contribution in [0.5, 0.6) is 5.75 Å². The summed E-state index contributed by atoms with van der Waals surface area (Å²) < 4.78 is 10.5. The smallest absolute Gasteiger partial charge is 0.415 e. The molecule has 2 N–H and O–H groups in total. The Hall–Kier alpha value is -2.16. The Kier molecular flexibility index (Phi) is 8.33. The number of amides is 1. The molecule has 0 unspecified atom stereocenters. The second-order valence-electron chi connectivity index (χ2n) is 5.03. The first kappa shape index (κ1) is 20.9. The summed E-state index contributed by atoms with van der Waals surface area (Å²) in [6.45, 7) is -0.427. The summed E-state index contributed by atoms with van der Waals surface area (Å²) in [5.74, 6) is 0.444. The third-order valence-corrected chi connectivity index (χ3v) is 3.53. The first-order chi connectivity index (χ1) is 11.6. The molecular weight excluding hydrogens is 392 g/mol. The van der Waals surface area contributed by atoms with Gasteiger partial charge in [-0.2, -0.15) is 0 Å². The van der Waals surface area contributed by atoms with E-state index in [2.05, 4.69) is 4.98 Å². The average molecular weight is 413 g/mol. The maximum Gasteiger partial charge on any atom is 0.415 e. The third kappa shape index (κ3) is 4.91. The molecule has 1 heterocycles. The lowest BCUT2D eigenvalue weighted by atomic mass is 10.1. The molecule has 0 atom stereocenters. The summed E-state index contributed by atoms with van der Waals surface area (Å²) in [5, 5.41) is 19.1. The molecule has 0 saturated heterocycles. The number of hydrogen-bond acceptors (Lipinski definition) is 6. The lowest BCUT2D eigenvalue weighted by Gasteiger charge is -2.21. The minimum atomic E-state index is -0.618. The molecule has 0 aliphatic rings. The van der Waals surface area contributed by atoms with Gasteiger partial charge >= 0.3 is 6.09 Å². The zero-order valence-electron chi connectivity index (χ0n) is 14.0. The molecule has 0 radical (unpaired) electrons. The van der Waals surface area contributed by atoms with E-state index in [1.54, 1.807) is 0 Å². The lowest BCUT2D eigenvalue weighted by Crippen LogP contribution is -2.28. The van der Waals surface area contributed by atoms with E-state index in [4.69, 9.17) is 9.47 Å². The number of benzene rings is 1. The number of aromatic nitrogens is 1. The van der Waals surface area contributed by atoms with Crippen molar-refractivity contribution in [3.05, 3.63) is 53.2 Å². The summed E-state index contributed by atoms with van der Waals surface area (Å²) in [6, 6.07) is 9.45. The van der Waals surface area contributed by atoms with E-state index in [9.17, 15) is 15.0 Å².